The lowest BCUT2D eigenvalue weighted by Crippen LogP contribution is -2.16. The summed E-state index contributed by atoms with van der Waals surface area (Å²) in [5.41, 5.74) is -1.69. The Labute approximate surface area is 196 Å². The van der Waals surface area contributed by atoms with E-state index in [0.717, 1.165) is 41.8 Å². The van der Waals surface area contributed by atoms with Gasteiger partial charge in [-0.1, -0.05) is 0 Å². The number of nitro groups is 2. The molecule has 1 aliphatic carbocycles. The number of nitrogens with one attached hydrogen (secondary N) is 1. The predicted octanol–water partition coefficient (Wildman–Crippen LogP) is 3.87. The van der Waals surface area contributed by atoms with Crippen LogP contribution in [0.1, 0.15) is 46.1 Å². The summed E-state index contributed by atoms with van der Waals surface area (Å²) < 4.78 is 5.12. The van der Waals surface area contributed by atoms with E-state index in [9.17, 15) is 40.2 Å². The molecule has 0 bridgehead atoms. The molecule has 0 spiro atoms. The number of nitro benzene ring substituents is 2. The lowest BCUT2D eigenvalue weighted by molar-refractivity contribution is -0.394. The fourth-order valence-electron chi connectivity index (χ4n) is 3.53. The Morgan fingerprint density at radius 2 is 1.97 bits per heavy atom. The highest BCUT2D eigenvalue weighted by molar-refractivity contribution is 7.17. The number of hydrogen-bond acceptors (Lipinski definition) is 10. The molecule has 0 radical (unpaired) electrons. The van der Waals surface area contributed by atoms with Crippen molar-refractivity contribution in [2.75, 3.05) is 11.9 Å². The quantitative estimate of drug-likeness (QED) is 0.192. The van der Waals surface area contributed by atoms with Gasteiger partial charge in [-0.2, -0.15) is 5.26 Å². The SMILES string of the molecule is CCOC(=O)c1c(NC(=O)/C(C#N)=C/c2cc([N+](=O)[O-])cc([N+](=O)[O-])c2O)sc2c1CCCC2. The number of phenols is 1. The highest BCUT2D eigenvalue weighted by atomic mass is 32.1. The number of esters is 1. The highest BCUT2D eigenvalue weighted by Crippen LogP contribution is 2.39. The van der Waals surface area contributed by atoms with Crippen LogP contribution in [0.25, 0.3) is 6.08 Å². The number of nitrogens with zero attached hydrogens (tertiary/aromatic N) is 3. The average molecular weight is 486 g/mol. The van der Waals surface area contributed by atoms with E-state index in [4.69, 9.17) is 4.74 Å². The van der Waals surface area contributed by atoms with Crippen molar-refractivity contribution in [2.45, 2.75) is 32.6 Å². The maximum Gasteiger partial charge on any atom is 0.341 e. The summed E-state index contributed by atoms with van der Waals surface area (Å²) in [6, 6.07) is 2.99. The van der Waals surface area contributed by atoms with Crippen molar-refractivity contribution in [2.24, 2.45) is 0 Å². The van der Waals surface area contributed by atoms with Gasteiger partial charge in [0.05, 0.1) is 28.1 Å². The molecule has 0 unspecified atom stereocenters. The molecule has 3 rings (SSSR count). The number of phenolic OH excluding ortho intramolecular Hbond substituents is 1. The van der Waals surface area contributed by atoms with Crippen molar-refractivity contribution in [3.8, 4) is 11.8 Å². The first-order valence-corrected chi connectivity index (χ1v) is 10.9. The van der Waals surface area contributed by atoms with Crippen LogP contribution in [0.5, 0.6) is 5.75 Å². The smallest absolute Gasteiger partial charge is 0.341 e. The monoisotopic (exact) mass is 486 g/mol. The van der Waals surface area contributed by atoms with Crippen LogP contribution in [0, 0.1) is 31.6 Å². The lowest BCUT2D eigenvalue weighted by atomic mass is 9.95. The van der Waals surface area contributed by atoms with E-state index < -0.39 is 50.0 Å². The molecule has 0 atom stereocenters. The van der Waals surface area contributed by atoms with Crippen molar-refractivity contribution in [1.82, 2.24) is 0 Å². The van der Waals surface area contributed by atoms with E-state index in [0.29, 0.717) is 12.5 Å². The zero-order valence-corrected chi connectivity index (χ0v) is 18.6. The second kappa shape index (κ2) is 10.1. The minimum absolute atomic E-state index is 0.130. The Morgan fingerprint density at radius 3 is 2.59 bits per heavy atom. The standard InChI is InChI=1S/C21H18N4O8S/c1-2-33-21(28)17-14-5-3-4-6-16(14)34-20(17)23-19(27)12(10-22)7-11-8-13(24(29)30)9-15(18(11)26)25(31)32/h7-9,26H,2-6H2,1H3,(H,23,27)/b12-7+. The average Bonchev–Trinajstić information content (AvgIpc) is 3.15. The molecule has 0 fully saturated rings. The van der Waals surface area contributed by atoms with Crippen molar-refractivity contribution >= 4 is 45.7 Å². The summed E-state index contributed by atoms with van der Waals surface area (Å²) >= 11 is 1.20. The molecule has 176 valence electrons. The number of non-ortho nitro benzene ring substituents is 1. The minimum Gasteiger partial charge on any atom is -0.502 e. The molecular formula is C21H18N4O8S. The maximum absolute atomic E-state index is 12.8. The molecule has 0 saturated heterocycles. The number of benzene rings is 1. The van der Waals surface area contributed by atoms with Crippen LogP contribution in [0.3, 0.4) is 0 Å². The lowest BCUT2D eigenvalue weighted by Gasteiger charge is -2.12. The molecule has 12 nitrogen and oxygen atoms in total. The van der Waals surface area contributed by atoms with Crippen molar-refractivity contribution < 1.29 is 29.3 Å². The maximum atomic E-state index is 12.8. The summed E-state index contributed by atoms with van der Waals surface area (Å²) in [4.78, 5) is 46.7. The largest absolute Gasteiger partial charge is 0.502 e. The van der Waals surface area contributed by atoms with Crippen molar-refractivity contribution in [1.29, 1.82) is 5.26 Å². The number of fused-ring (bicyclic) bond motifs is 1. The van der Waals surface area contributed by atoms with Gasteiger partial charge in [0.15, 0.2) is 0 Å². The first-order chi connectivity index (χ1) is 16.2. The normalized spacial score (nSPS) is 12.9. The molecule has 34 heavy (non-hydrogen) atoms. The second-order valence-electron chi connectivity index (χ2n) is 7.18. The number of ether oxygens (including phenoxy) is 1. The Balaban J connectivity index is 2.02. The Kier molecular flexibility index (Phi) is 7.22. The molecule has 2 aromatic rings. The number of carbonyl (C=O) groups excluding carboxylic acids is 2. The van der Waals surface area contributed by atoms with Gasteiger partial charge >= 0.3 is 11.7 Å². The molecule has 1 aliphatic rings. The van der Waals surface area contributed by atoms with Crippen molar-refractivity contribution in [3.05, 3.63) is 59.5 Å². The number of anilines is 1. The van der Waals surface area contributed by atoms with E-state index in [-0.39, 0.29) is 17.2 Å². The van der Waals surface area contributed by atoms with Crippen LogP contribution >= 0.6 is 11.3 Å². The predicted molar refractivity (Wildman–Crippen MR) is 121 cm³/mol. The first kappa shape index (κ1) is 24.3. The van der Waals surface area contributed by atoms with Crippen LogP contribution in [0.2, 0.25) is 0 Å². The number of aromatic hydroxyl groups is 1. The van der Waals surface area contributed by atoms with Crippen LogP contribution in [0.4, 0.5) is 16.4 Å². The molecule has 13 heteroatoms. The number of hydrogen-bond donors (Lipinski definition) is 2. The third kappa shape index (κ3) is 4.86. The molecule has 1 heterocycles. The number of aryl methyl sites for hydroxylation is 1. The van der Waals surface area contributed by atoms with Gasteiger partial charge in [0, 0.05) is 16.5 Å². The Bertz CT molecular complexity index is 1270. The van der Waals surface area contributed by atoms with Gasteiger partial charge in [-0.15, -0.1) is 11.3 Å². The van der Waals surface area contributed by atoms with Gasteiger partial charge in [0.2, 0.25) is 5.75 Å². The zero-order valence-electron chi connectivity index (χ0n) is 17.8. The first-order valence-electron chi connectivity index (χ1n) is 10.1. The molecule has 1 amide bonds. The fourth-order valence-corrected chi connectivity index (χ4v) is 4.80. The summed E-state index contributed by atoms with van der Waals surface area (Å²) in [5.74, 6) is -2.50. The van der Waals surface area contributed by atoms with Gasteiger partial charge < -0.3 is 15.2 Å². The van der Waals surface area contributed by atoms with E-state index in [1.807, 2.05) is 0 Å². The molecule has 0 saturated carbocycles. The number of rotatable bonds is 7. The van der Waals surface area contributed by atoms with Gasteiger partial charge in [-0.05, 0) is 44.2 Å². The summed E-state index contributed by atoms with van der Waals surface area (Å²) in [5, 5.41) is 44.6. The van der Waals surface area contributed by atoms with E-state index in [1.54, 1.807) is 13.0 Å². The summed E-state index contributed by atoms with van der Waals surface area (Å²) in [7, 11) is 0. The summed E-state index contributed by atoms with van der Waals surface area (Å²) in [6.45, 7) is 1.78. The molecule has 1 aromatic heterocycles. The van der Waals surface area contributed by atoms with Crippen LogP contribution in [0.15, 0.2) is 17.7 Å². The van der Waals surface area contributed by atoms with Gasteiger partial charge in [-0.25, -0.2) is 4.79 Å². The number of nitriles is 1. The number of thiophene rings is 1. The van der Waals surface area contributed by atoms with E-state index in [1.165, 1.54) is 11.3 Å². The molecule has 0 aliphatic heterocycles. The Hall–Kier alpha value is -4.31. The van der Waals surface area contributed by atoms with Gasteiger partial charge in [0.1, 0.15) is 16.6 Å². The third-order valence-corrected chi connectivity index (χ3v) is 6.26. The molecule has 2 N–H and O–H groups in total. The molecular weight excluding hydrogens is 468 g/mol. The fraction of sp³-hybridized carbons (Fsp3) is 0.286. The van der Waals surface area contributed by atoms with Crippen molar-refractivity contribution in [3.63, 3.8) is 0 Å². The summed E-state index contributed by atoms with van der Waals surface area (Å²) in [6.07, 6.45) is 3.98. The number of amides is 1. The minimum atomic E-state index is -1.02. The van der Waals surface area contributed by atoms with Crippen LogP contribution < -0.4 is 5.32 Å². The van der Waals surface area contributed by atoms with Crippen LogP contribution in [-0.2, 0) is 22.4 Å². The second-order valence-corrected chi connectivity index (χ2v) is 8.28. The van der Waals surface area contributed by atoms with E-state index in [2.05, 4.69) is 5.32 Å². The van der Waals surface area contributed by atoms with Gasteiger partial charge in [0.25, 0.3) is 11.6 Å². The van der Waals surface area contributed by atoms with Gasteiger partial charge in [-0.3, -0.25) is 25.0 Å². The number of carbonyl (C=O) groups is 2. The Morgan fingerprint density at radius 1 is 1.26 bits per heavy atom. The highest BCUT2D eigenvalue weighted by Gasteiger charge is 2.28. The molecule has 1 aromatic carbocycles. The topological polar surface area (TPSA) is 186 Å². The van der Waals surface area contributed by atoms with Crippen LogP contribution in [-0.4, -0.2) is 33.4 Å². The van der Waals surface area contributed by atoms with E-state index >= 15 is 0 Å². The third-order valence-electron chi connectivity index (χ3n) is 5.05. The zero-order chi connectivity index (χ0) is 25.0.